The summed E-state index contributed by atoms with van der Waals surface area (Å²) >= 11 is 3.42. The SMILES string of the molecule is Cn1cc(Br)cc(N2CCC(C)(NC(=O)OC(C)(C)C)C2)c1=O. The fourth-order valence-electron chi connectivity index (χ4n) is 2.70. The van der Waals surface area contributed by atoms with Gasteiger partial charge in [0.25, 0.3) is 5.56 Å². The molecule has 1 saturated heterocycles. The highest BCUT2D eigenvalue weighted by atomic mass is 79.9. The van der Waals surface area contributed by atoms with Gasteiger partial charge in [-0.1, -0.05) is 0 Å². The maximum absolute atomic E-state index is 12.3. The normalized spacial score (nSPS) is 21.4. The van der Waals surface area contributed by atoms with E-state index in [0.717, 1.165) is 10.9 Å². The van der Waals surface area contributed by atoms with Crippen LogP contribution in [0.4, 0.5) is 10.5 Å². The van der Waals surface area contributed by atoms with E-state index in [4.69, 9.17) is 4.74 Å². The molecule has 0 spiro atoms. The quantitative estimate of drug-likeness (QED) is 0.849. The number of alkyl carbamates (subject to hydrolysis) is 1. The molecule has 1 unspecified atom stereocenters. The van der Waals surface area contributed by atoms with Crippen molar-refractivity contribution in [1.82, 2.24) is 9.88 Å². The summed E-state index contributed by atoms with van der Waals surface area (Å²) in [4.78, 5) is 26.3. The number of aryl methyl sites for hydroxylation is 1. The minimum Gasteiger partial charge on any atom is -0.444 e. The number of hydrogen-bond donors (Lipinski definition) is 1. The van der Waals surface area contributed by atoms with Gasteiger partial charge in [-0.25, -0.2) is 4.79 Å². The molecule has 7 heteroatoms. The Morgan fingerprint density at radius 2 is 2.09 bits per heavy atom. The van der Waals surface area contributed by atoms with Crippen molar-refractivity contribution in [2.75, 3.05) is 18.0 Å². The molecule has 1 fully saturated rings. The number of pyridine rings is 1. The van der Waals surface area contributed by atoms with Crippen LogP contribution in [0.15, 0.2) is 21.5 Å². The molecule has 1 aliphatic heterocycles. The van der Waals surface area contributed by atoms with Crippen LogP contribution < -0.4 is 15.8 Å². The summed E-state index contributed by atoms with van der Waals surface area (Å²) in [5, 5.41) is 2.94. The van der Waals surface area contributed by atoms with Crippen molar-refractivity contribution in [1.29, 1.82) is 0 Å². The first-order valence-electron chi connectivity index (χ1n) is 7.61. The van der Waals surface area contributed by atoms with E-state index >= 15 is 0 Å². The molecule has 0 radical (unpaired) electrons. The van der Waals surface area contributed by atoms with Gasteiger partial charge in [0.1, 0.15) is 11.3 Å². The average molecular weight is 386 g/mol. The summed E-state index contributed by atoms with van der Waals surface area (Å²) < 4.78 is 7.73. The van der Waals surface area contributed by atoms with Crippen LogP contribution >= 0.6 is 15.9 Å². The van der Waals surface area contributed by atoms with Crippen molar-refractivity contribution >= 4 is 27.7 Å². The van der Waals surface area contributed by atoms with Gasteiger partial charge in [0.15, 0.2) is 0 Å². The largest absolute Gasteiger partial charge is 0.444 e. The van der Waals surface area contributed by atoms with Gasteiger partial charge in [-0.2, -0.15) is 0 Å². The van der Waals surface area contributed by atoms with Crippen LogP contribution in [0.2, 0.25) is 0 Å². The number of rotatable bonds is 2. The van der Waals surface area contributed by atoms with Crippen molar-refractivity contribution in [3.05, 3.63) is 27.1 Å². The number of anilines is 1. The second-order valence-corrected chi connectivity index (χ2v) is 8.23. The number of nitrogens with zero attached hydrogens (tertiary/aromatic N) is 2. The number of halogens is 1. The monoisotopic (exact) mass is 385 g/mol. The molecule has 1 N–H and O–H groups in total. The van der Waals surface area contributed by atoms with E-state index < -0.39 is 17.2 Å². The van der Waals surface area contributed by atoms with E-state index in [1.54, 1.807) is 17.8 Å². The van der Waals surface area contributed by atoms with E-state index in [9.17, 15) is 9.59 Å². The Labute approximate surface area is 144 Å². The number of carbonyl (C=O) groups is 1. The van der Waals surface area contributed by atoms with Gasteiger partial charge in [0.2, 0.25) is 0 Å². The first kappa shape index (κ1) is 17.8. The third kappa shape index (κ3) is 4.50. The van der Waals surface area contributed by atoms with Gasteiger partial charge in [-0.3, -0.25) is 4.79 Å². The maximum atomic E-state index is 12.3. The minimum atomic E-state index is -0.529. The van der Waals surface area contributed by atoms with Crippen molar-refractivity contribution in [2.45, 2.75) is 45.3 Å². The Morgan fingerprint density at radius 3 is 2.70 bits per heavy atom. The van der Waals surface area contributed by atoms with Crippen LogP contribution in [0.25, 0.3) is 0 Å². The summed E-state index contributed by atoms with van der Waals surface area (Å²) in [5.41, 5.74) is -0.361. The first-order valence-corrected chi connectivity index (χ1v) is 8.41. The lowest BCUT2D eigenvalue weighted by Gasteiger charge is -2.28. The Kier molecular flexibility index (Phi) is 4.80. The van der Waals surface area contributed by atoms with Crippen molar-refractivity contribution in [3.63, 3.8) is 0 Å². The second-order valence-electron chi connectivity index (χ2n) is 7.32. The van der Waals surface area contributed by atoms with Crippen LogP contribution in [0.3, 0.4) is 0 Å². The van der Waals surface area contributed by atoms with E-state index in [1.165, 1.54) is 0 Å². The second kappa shape index (κ2) is 6.19. The maximum Gasteiger partial charge on any atom is 0.408 e. The van der Waals surface area contributed by atoms with Gasteiger partial charge in [0.05, 0.1) is 5.54 Å². The number of nitrogens with one attached hydrogen (secondary N) is 1. The molecule has 1 amide bonds. The zero-order valence-electron chi connectivity index (χ0n) is 14.3. The molecule has 0 aliphatic carbocycles. The molecule has 1 atom stereocenters. The third-order valence-corrected chi connectivity index (χ3v) is 4.18. The topological polar surface area (TPSA) is 63.6 Å². The number of carbonyl (C=O) groups excluding carboxylic acids is 1. The lowest BCUT2D eigenvalue weighted by molar-refractivity contribution is 0.0473. The minimum absolute atomic E-state index is 0.0466. The Balaban J connectivity index is 2.11. The molecule has 0 saturated carbocycles. The van der Waals surface area contributed by atoms with Crippen LogP contribution in [0, 0.1) is 0 Å². The fourth-order valence-corrected chi connectivity index (χ4v) is 3.22. The number of amides is 1. The van der Waals surface area contributed by atoms with Crippen LogP contribution in [-0.4, -0.2) is 34.9 Å². The van der Waals surface area contributed by atoms with Crippen molar-refractivity contribution in [2.24, 2.45) is 7.05 Å². The fraction of sp³-hybridized carbons (Fsp3) is 0.625. The van der Waals surface area contributed by atoms with E-state index in [1.807, 2.05) is 38.7 Å². The lowest BCUT2D eigenvalue weighted by Crippen LogP contribution is -2.50. The van der Waals surface area contributed by atoms with Crippen LogP contribution in [0.5, 0.6) is 0 Å². The highest BCUT2D eigenvalue weighted by Crippen LogP contribution is 2.26. The van der Waals surface area contributed by atoms with E-state index in [-0.39, 0.29) is 5.56 Å². The standard InChI is InChI=1S/C16H24BrN3O3/c1-15(2,3)23-14(22)18-16(4)6-7-20(10-16)12-8-11(17)9-19(5)13(12)21/h8-9H,6-7,10H2,1-5H3,(H,18,22). The van der Waals surface area contributed by atoms with E-state index in [0.29, 0.717) is 18.8 Å². The third-order valence-electron chi connectivity index (χ3n) is 3.75. The van der Waals surface area contributed by atoms with Gasteiger partial charge in [-0.05, 0) is 56.1 Å². The molecule has 6 nitrogen and oxygen atoms in total. The van der Waals surface area contributed by atoms with Crippen LogP contribution in [0.1, 0.15) is 34.1 Å². The van der Waals surface area contributed by atoms with Crippen molar-refractivity contribution in [3.8, 4) is 0 Å². The Hall–Kier alpha value is -1.50. The molecule has 1 aromatic rings. The number of hydrogen-bond acceptors (Lipinski definition) is 4. The summed E-state index contributed by atoms with van der Waals surface area (Å²) in [5.74, 6) is 0. The zero-order chi connectivity index (χ0) is 17.4. The first-order chi connectivity index (χ1) is 10.5. The molecule has 2 rings (SSSR count). The summed E-state index contributed by atoms with van der Waals surface area (Å²) in [7, 11) is 1.73. The molecule has 0 bridgehead atoms. The van der Waals surface area contributed by atoms with Gasteiger partial charge >= 0.3 is 6.09 Å². The summed E-state index contributed by atoms with van der Waals surface area (Å²) in [6.07, 6.45) is 2.06. The lowest BCUT2D eigenvalue weighted by atomic mass is 10.0. The highest BCUT2D eigenvalue weighted by molar-refractivity contribution is 9.10. The molecule has 0 aromatic carbocycles. The van der Waals surface area contributed by atoms with Gasteiger partial charge in [0, 0.05) is 30.8 Å². The summed E-state index contributed by atoms with van der Waals surface area (Å²) in [6.45, 7) is 8.75. The average Bonchev–Trinajstić information content (AvgIpc) is 2.73. The predicted octanol–water partition coefficient (Wildman–Crippen LogP) is 2.64. The zero-order valence-corrected chi connectivity index (χ0v) is 15.9. The van der Waals surface area contributed by atoms with Gasteiger partial charge < -0.3 is 19.5 Å². The molecule has 128 valence electrons. The summed E-state index contributed by atoms with van der Waals surface area (Å²) in [6, 6.07) is 1.82. The Bertz CT molecular complexity index is 666. The molecular weight excluding hydrogens is 362 g/mol. The smallest absolute Gasteiger partial charge is 0.408 e. The molecular formula is C16H24BrN3O3. The molecule has 23 heavy (non-hydrogen) atoms. The van der Waals surface area contributed by atoms with Crippen LogP contribution in [-0.2, 0) is 11.8 Å². The molecule has 1 aliphatic rings. The molecule has 1 aromatic heterocycles. The highest BCUT2D eigenvalue weighted by Gasteiger charge is 2.37. The number of ether oxygens (including phenoxy) is 1. The van der Waals surface area contributed by atoms with Crippen molar-refractivity contribution < 1.29 is 9.53 Å². The Morgan fingerprint density at radius 1 is 1.43 bits per heavy atom. The molecule has 2 heterocycles. The van der Waals surface area contributed by atoms with Gasteiger partial charge in [-0.15, -0.1) is 0 Å². The predicted molar refractivity (Wildman–Crippen MR) is 94.0 cm³/mol. The number of aromatic nitrogens is 1. The van der Waals surface area contributed by atoms with E-state index in [2.05, 4.69) is 21.2 Å².